The molecule has 2 aromatic carbocycles. The van der Waals surface area contributed by atoms with Gasteiger partial charge in [-0.15, -0.1) is 0 Å². The van der Waals surface area contributed by atoms with Crippen LogP contribution in [-0.2, 0) is 29.2 Å². The van der Waals surface area contributed by atoms with E-state index in [1.54, 1.807) is 0 Å². The largest absolute Gasteiger partial charge is 0.489 e. The fourth-order valence-electron chi connectivity index (χ4n) is 4.88. The molecule has 2 fully saturated rings. The van der Waals surface area contributed by atoms with Crippen LogP contribution in [0.5, 0.6) is 5.75 Å². The molecule has 6 nitrogen and oxygen atoms in total. The van der Waals surface area contributed by atoms with Crippen LogP contribution in [-0.4, -0.2) is 48.1 Å². The normalized spacial score (nSPS) is 21.2. The zero-order valence-electron chi connectivity index (χ0n) is 19.0. The van der Waals surface area contributed by atoms with Gasteiger partial charge in [0.1, 0.15) is 12.4 Å². The van der Waals surface area contributed by atoms with E-state index in [0.717, 1.165) is 73.1 Å². The number of carbonyl (C=O) groups is 1. The van der Waals surface area contributed by atoms with Crippen LogP contribution in [0.1, 0.15) is 35.1 Å². The highest BCUT2D eigenvalue weighted by atomic mass is 16.5. The van der Waals surface area contributed by atoms with Gasteiger partial charge in [-0.3, -0.25) is 9.69 Å². The lowest BCUT2D eigenvalue weighted by Crippen LogP contribution is -2.43. The Bertz CT molecular complexity index is 1060. The quantitative estimate of drug-likeness (QED) is 0.735. The minimum Gasteiger partial charge on any atom is -0.489 e. The maximum atomic E-state index is 11.7. The molecule has 0 aromatic heterocycles. The van der Waals surface area contributed by atoms with Crippen molar-refractivity contribution in [2.45, 2.75) is 38.6 Å². The zero-order chi connectivity index (χ0) is 22.8. The fourth-order valence-corrected chi connectivity index (χ4v) is 4.88. The van der Waals surface area contributed by atoms with Gasteiger partial charge in [0.05, 0.1) is 19.3 Å². The van der Waals surface area contributed by atoms with Crippen molar-refractivity contribution in [3.05, 3.63) is 83.6 Å². The van der Waals surface area contributed by atoms with Crippen molar-refractivity contribution < 1.29 is 14.3 Å². The van der Waals surface area contributed by atoms with Crippen molar-refractivity contribution in [2.75, 3.05) is 26.3 Å². The third-order valence-corrected chi connectivity index (χ3v) is 6.77. The van der Waals surface area contributed by atoms with E-state index in [4.69, 9.17) is 9.47 Å². The van der Waals surface area contributed by atoms with Crippen molar-refractivity contribution in [1.29, 1.82) is 0 Å². The van der Waals surface area contributed by atoms with Crippen LogP contribution in [0, 0.1) is 0 Å². The molecule has 1 N–H and O–H groups in total. The SMILES string of the molecule is C=C1NC(=O)CCC1N1Cc2c(OCc3ccc(CN4CCOCC4)cc3)cccc2C1=C. The molecule has 3 heterocycles. The molecule has 2 aromatic rings. The first-order chi connectivity index (χ1) is 16.1. The number of morpholine rings is 1. The van der Waals surface area contributed by atoms with Gasteiger partial charge in [0.25, 0.3) is 0 Å². The maximum Gasteiger partial charge on any atom is 0.224 e. The number of hydrogen-bond acceptors (Lipinski definition) is 5. The van der Waals surface area contributed by atoms with Gasteiger partial charge in [-0.05, 0) is 23.6 Å². The van der Waals surface area contributed by atoms with E-state index in [2.05, 4.69) is 58.6 Å². The molecule has 1 amide bonds. The molecular formula is C27H31N3O3. The van der Waals surface area contributed by atoms with Crippen molar-refractivity contribution in [2.24, 2.45) is 0 Å². The Morgan fingerprint density at radius 2 is 1.82 bits per heavy atom. The lowest BCUT2D eigenvalue weighted by atomic mass is 10.0. The molecule has 33 heavy (non-hydrogen) atoms. The lowest BCUT2D eigenvalue weighted by molar-refractivity contribution is -0.121. The Morgan fingerprint density at radius 1 is 1.06 bits per heavy atom. The third-order valence-electron chi connectivity index (χ3n) is 6.77. The van der Waals surface area contributed by atoms with E-state index in [9.17, 15) is 4.79 Å². The topological polar surface area (TPSA) is 54.0 Å². The molecule has 0 saturated carbocycles. The van der Waals surface area contributed by atoms with E-state index in [1.807, 2.05) is 12.1 Å². The summed E-state index contributed by atoms with van der Waals surface area (Å²) in [4.78, 5) is 16.3. The first-order valence-electron chi connectivity index (χ1n) is 11.7. The minimum atomic E-state index is 0.0403. The number of carbonyl (C=O) groups excluding carboxylic acids is 1. The van der Waals surface area contributed by atoms with E-state index in [1.165, 1.54) is 5.56 Å². The van der Waals surface area contributed by atoms with Gasteiger partial charge < -0.3 is 19.7 Å². The first kappa shape index (κ1) is 21.7. The Morgan fingerprint density at radius 3 is 2.58 bits per heavy atom. The Balaban J connectivity index is 1.23. The predicted molar refractivity (Wildman–Crippen MR) is 128 cm³/mol. The molecule has 0 bridgehead atoms. The van der Waals surface area contributed by atoms with E-state index in [0.29, 0.717) is 19.6 Å². The summed E-state index contributed by atoms with van der Waals surface area (Å²) in [6.07, 6.45) is 1.26. The Labute approximate surface area is 195 Å². The van der Waals surface area contributed by atoms with Crippen LogP contribution in [0.15, 0.2) is 61.3 Å². The smallest absolute Gasteiger partial charge is 0.224 e. The average Bonchev–Trinajstić information content (AvgIpc) is 3.16. The van der Waals surface area contributed by atoms with Crippen molar-refractivity contribution in [1.82, 2.24) is 15.1 Å². The molecule has 0 aliphatic carbocycles. The van der Waals surface area contributed by atoms with Gasteiger partial charge in [0.15, 0.2) is 0 Å². The molecule has 6 heteroatoms. The maximum absolute atomic E-state index is 11.7. The van der Waals surface area contributed by atoms with Gasteiger partial charge in [-0.1, -0.05) is 49.6 Å². The standard InChI is InChI=1S/C27H31N3O3/c1-19-25(10-11-27(31)28-19)30-17-24-23(20(30)2)4-3-5-26(24)33-18-22-8-6-21(7-9-22)16-29-12-14-32-15-13-29/h3-9,25H,1-2,10-18H2,(H,28,31). The summed E-state index contributed by atoms with van der Waals surface area (Å²) in [7, 11) is 0. The van der Waals surface area contributed by atoms with Crippen LogP contribution in [0.2, 0.25) is 0 Å². The molecule has 0 spiro atoms. The molecule has 1 atom stereocenters. The van der Waals surface area contributed by atoms with Gasteiger partial charge >= 0.3 is 0 Å². The van der Waals surface area contributed by atoms with Gasteiger partial charge in [-0.2, -0.15) is 0 Å². The number of nitrogens with zero attached hydrogens (tertiary/aromatic N) is 2. The highest BCUT2D eigenvalue weighted by Crippen LogP contribution is 2.40. The molecule has 172 valence electrons. The molecule has 1 unspecified atom stereocenters. The van der Waals surface area contributed by atoms with E-state index < -0.39 is 0 Å². The number of ether oxygens (including phenoxy) is 2. The average molecular weight is 446 g/mol. The lowest BCUT2D eigenvalue weighted by Gasteiger charge is -2.34. The van der Waals surface area contributed by atoms with Crippen molar-refractivity contribution in [3.8, 4) is 5.75 Å². The van der Waals surface area contributed by atoms with Gasteiger partial charge in [0, 0.05) is 55.1 Å². The zero-order valence-corrected chi connectivity index (χ0v) is 19.0. The van der Waals surface area contributed by atoms with Gasteiger partial charge in [-0.25, -0.2) is 0 Å². The number of rotatable bonds is 6. The van der Waals surface area contributed by atoms with Crippen LogP contribution in [0.25, 0.3) is 5.70 Å². The number of piperidine rings is 1. The van der Waals surface area contributed by atoms with Crippen molar-refractivity contribution >= 4 is 11.6 Å². The molecule has 2 saturated heterocycles. The monoisotopic (exact) mass is 445 g/mol. The molecular weight excluding hydrogens is 414 g/mol. The number of hydrogen-bond donors (Lipinski definition) is 1. The molecule has 0 radical (unpaired) electrons. The van der Waals surface area contributed by atoms with Crippen LogP contribution in [0.4, 0.5) is 0 Å². The van der Waals surface area contributed by atoms with Crippen LogP contribution in [0.3, 0.4) is 0 Å². The number of amides is 1. The predicted octanol–water partition coefficient (Wildman–Crippen LogP) is 3.68. The first-order valence-corrected chi connectivity index (χ1v) is 11.7. The Kier molecular flexibility index (Phi) is 6.20. The number of fused-ring (bicyclic) bond motifs is 1. The summed E-state index contributed by atoms with van der Waals surface area (Å²) < 4.78 is 11.7. The third kappa shape index (κ3) is 4.68. The molecule has 3 aliphatic heterocycles. The highest BCUT2D eigenvalue weighted by molar-refractivity contribution is 5.80. The summed E-state index contributed by atoms with van der Waals surface area (Å²) in [6.45, 7) is 14.2. The Hall–Kier alpha value is -3.09. The second-order valence-corrected chi connectivity index (χ2v) is 8.98. The number of nitrogens with one attached hydrogen (secondary N) is 1. The summed E-state index contributed by atoms with van der Waals surface area (Å²) in [5.41, 5.74) is 6.43. The highest BCUT2D eigenvalue weighted by Gasteiger charge is 2.34. The van der Waals surface area contributed by atoms with Gasteiger partial charge in [0.2, 0.25) is 5.91 Å². The van der Waals surface area contributed by atoms with Crippen molar-refractivity contribution in [3.63, 3.8) is 0 Å². The number of benzene rings is 2. The summed E-state index contributed by atoms with van der Waals surface area (Å²) in [6, 6.07) is 14.9. The fraction of sp³-hybridized carbons (Fsp3) is 0.370. The summed E-state index contributed by atoms with van der Waals surface area (Å²) in [5, 5.41) is 2.89. The summed E-state index contributed by atoms with van der Waals surface area (Å²) in [5.74, 6) is 0.928. The summed E-state index contributed by atoms with van der Waals surface area (Å²) >= 11 is 0. The van der Waals surface area contributed by atoms with Crippen LogP contribution >= 0.6 is 0 Å². The molecule has 3 aliphatic rings. The molecule has 5 rings (SSSR count). The minimum absolute atomic E-state index is 0.0403. The van der Waals surface area contributed by atoms with Crippen LogP contribution < -0.4 is 10.1 Å². The van der Waals surface area contributed by atoms with E-state index in [-0.39, 0.29) is 11.9 Å². The second-order valence-electron chi connectivity index (χ2n) is 8.98. The second kappa shape index (κ2) is 9.41. The van der Waals surface area contributed by atoms with E-state index >= 15 is 0 Å².